The van der Waals surface area contributed by atoms with Crippen molar-refractivity contribution in [1.29, 1.82) is 0 Å². The Kier molecular flexibility index (Phi) is 7.38. The summed E-state index contributed by atoms with van der Waals surface area (Å²) in [6.07, 6.45) is -1.94. The summed E-state index contributed by atoms with van der Waals surface area (Å²) in [5.74, 6) is 0. The van der Waals surface area contributed by atoms with E-state index in [4.69, 9.17) is 4.74 Å². The zero-order valence-corrected chi connectivity index (χ0v) is 17.0. The van der Waals surface area contributed by atoms with Gasteiger partial charge in [-0.25, -0.2) is 4.79 Å². The summed E-state index contributed by atoms with van der Waals surface area (Å²) < 4.78 is 47.1. The van der Waals surface area contributed by atoms with Gasteiger partial charge in [-0.15, -0.1) is 0 Å². The molecular weight excluding hydrogens is 397 g/mol. The lowest BCUT2D eigenvalue weighted by Gasteiger charge is -2.28. The van der Waals surface area contributed by atoms with Crippen LogP contribution in [0.1, 0.15) is 17.7 Å². The second-order valence-electron chi connectivity index (χ2n) is 7.31. The van der Waals surface area contributed by atoms with Gasteiger partial charge >= 0.3 is 12.2 Å². The van der Waals surface area contributed by atoms with E-state index in [1.54, 1.807) is 4.90 Å². The molecule has 1 fully saturated rings. The summed E-state index contributed by atoms with van der Waals surface area (Å²) >= 11 is 0. The number of amides is 2. The molecule has 3 rings (SSSR count). The molecular formula is C21H27F3N4O2. The van der Waals surface area contributed by atoms with Crippen molar-refractivity contribution in [1.82, 2.24) is 14.4 Å². The number of nitrogens with zero attached hydrogens (tertiary/aromatic N) is 3. The highest BCUT2D eigenvalue weighted by Gasteiger charge is 2.34. The quantitative estimate of drug-likeness (QED) is 0.736. The van der Waals surface area contributed by atoms with Crippen molar-refractivity contribution in [3.05, 3.63) is 53.9 Å². The van der Waals surface area contributed by atoms with Gasteiger partial charge in [0.25, 0.3) is 0 Å². The second kappa shape index (κ2) is 9.99. The topological polar surface area (TPSA) is 49.7 Å². The second-order valence-corrected chi connectivity index (χ2v) is 7.31. The minimum absolute atomic E-state index is 0.236. The van der Waals surface area contributed by atoms with E-state index >= 15 is 0 Å². The van der Waals surface area contributed by atoms with Crippen LogP contribution in [-0.2, 0) is 24.5 Å². The van der Waals surface area contributed by atoms with Crippen molar-refractivity contribution in [3.63, 3.8) is 0 Å². The number of alkyl halides is 3. The number of carbonyl (C=O) groups is 1. The maximum absolute atomic E-state index is 13.3. The number of hydrogen-bond acceptors (Lipinski definition) is 3. The minimum atomic E-state index is -4.54. The monoisotopic (exact) mass is 424 g/mol. The Morgan fingerprint density at radius 2 is 1.90 bits per heavy atom. The van der Waals surface area contributed by atoms with Crippen molar-refractivity contribution in [2.45, 2.75) is 19.1 Å². The molecule has 9 heteroatoms. The molecule has 0 radical (unpaired) electrons. The number of aryl methyl sites for hydroxylation is 1. The number of ether oxygens (including phenoxy) is 1. The van der Waals surface area contributed by atoms with Crippen LogP contribution >= 0.6 is 0 Å². The Morgan fingerprint density at radius 3 is 2.57 bits per heavy atom. The maximum Gasteiger partial charge on any atom is 0.418 e. The van der Waals surface area contributed by atoms with Crippen LogP contribution < -0.4 is 5.32 Å². The first kappa shape index (κ1) is 22.2. The molecule has 0 unspecified atom stereocenters. The number of benzene rings is 1. The predicted octanol–water partition coefficient (Wildman–Crippen LogP) is 3.80. The fourth-order valence-electron chi connectivity index (χ4n) is 3.45. The number of urea groups is 1. The molecule has 2 aromatic rings. The van der Waals surface area contributed by atoms with Crippen LogP contribution in [0, 0.1) is 0 Å². The van der Waals surface area contributed by atoms with Gasteiger partial charge < -0.3 is 19.5 Å². The lowest BCUT2D eigenvalue weighted by molar-refractivity contribution is -0.136. The molecule has 1 saturated heterocycles. The lowest BCUT2D eigenvalue weighted by atomic mass is 10.1. The standard InChI is InChI=1S/C21H27F3N4O2/c1-26-9-4-6-17(26)16-28(11-5-10-27-12-14-30-15-13-27)20(29)25-19-8-3-2-7-18(19)21(22,23)24/h2-4,6-9H,5,10-16H2,1H3,(H,25,29). The van der Waals surface area contributed by atoms with Gasteiger partial charge in [-0.3, -0.25) is 4.90 Å². The summed E-state index contributed by atoms with van der Waals surface area (Å²) in [6.45, 7) is 4.64. The van der Waals surface area contributed by atoms with Crippen molar-refractivity contribution in [2.75, 3.05) is 44.7 Å². The van der Waals surface area contributed by atoms with Gasteiger partial charge in [0.15, 0.2) is 0 Å². The molecule has 0 bridgehead atoms. The third-order valence-electron chi connectivity index (χ3n) is 5.17. The number of nitrogens with one attached hydrogen (secondary N) is 1. The molecule has 0 saturated carbocycles. The van der Waals surface area contributed by atoms with E-state index in [2.05, 4.69) is 10.2 Å². The molecule has 164 valence electrons. The van der Waals surface area contributed by atoms with Gasteiger partial charge in [0, 0.05) is 45.1 Å². The number of hydrogen-bond donors (Lipinski definition) is 1. The smallest absolute Gasteiger partial charge is 0.379 e. The Balaban J connectivity index is 1.69. The summed E-state index contributed by atoms with van der Waals surface area (Å²) in [5, 5.41) is 2.46. The van der Waals surface area contributed by atoms with Gasteiger partial charge in [-0.2, -0.15) is 13.2 Å². The first-order valence-corrected chi connectivity index (χ1v) is 9.97. The molecule has 1 aromatic carbocycles. The number of anilines is 1. The molecule has 1 aromatic heterocycles. The largest absolute Gasteiger partial charge is 0.418 e. The molecule has 0 spiro atoms. The Hall–Kier alpha value is -2.52. The third kappa shape index (κ3) is 5.99. The van der Waals surface area contributed by atoms with Crippen LogP contribution in [0.15, 0.2) is 42.6 Å². The molecule has 2 amide bonds. The summed E-state index contributed by atoms with van der Waals surface area (Å²) in [7, 11) is 1.87. The van der Waals surface area contributed by atoms with E-state index in [-0.39, 0.29) is 5.69 Å². The predicted molar refractivity (Wildman–Crippen MR) is 108 cm³/mol. The molecule has 1 N–H and O–H groups in total. The molecule has 6 nitrogen and oxygen atoms in total. The molecule has 1 aliphatic heterocycles. The van der Waals surface area contributed by atoms with Crippen molar-refractivity contribution in [3.8, 4) is 0 Å². The third-order valence-corrected chi connectivity index (χ3v) is 5.17. The normalized spacial score (nSPS) is 15.2. The summed E-state index contributed by atoms with van der Waals surface area (Å²) in [6, 6.07) is 8.25. The van der Waals surface area contributed by atoms with E-state index in [0.717, 1.165) is 37.8 Å². The molecule has 30 heavy (non-hydrogen) atoms. The molecule has 1 aliphatic rings. The number of carbonyl (C=O) groups excluding carboxylic acids is 1. The average molecular weight is 424 g/mol. The Labute approximate surface area is 174 Å². The van der Waals surface area contributed by atoms with E-state index in [0.29, 0.717) is 26.3 Å². The Morgan fingerprint density at radius 1 is 1.17 bits per heavy atom. The van der Waals surface area contributed by atoms with Gasteiger partial charge in [0.2, 0.25) is 0 Å². The molecule has 0 atom stereocenters. The van der Waals surface area contributed by atoms with Crippen LogP contribution in [0.4, 0.5) is 23.7 Å². The van der Waals surface area contributed by atoms with E-state index < -0.39 is 17.8 Å². The lowest BCUT2D eigenvalue weighted by Crippen LogP contribution is -2.40. The van der Waals surface area contributed by atoms with Crippen molar-refractivity contribution in [2.24, 2.45) is 7.05 Å². The van der Waals surface area contributed by atoms with E-state index in [9.17, 15) is 18.0 Å². The van der Waals surface area contributed by atoms with Crippen molar-refractivity contribution >= 4 is 11.7 Å². The number of aromatic nitrogens is 1. The average Bonchev–Trinajstić information content (AvgIpc) is 3.12. The highest BCUT2D eigenvalue weighted by Crippen LogP contribution is 2.34. The molecule has 0 aliphatic carbocycles. The Bertz CT molecular complexity index is 832. The van der Waals surface area contributed by atoms with Gasteiger partial charge in [0.1, 0.15) is 0 Å². The first-order valence-electron chi connectivity index (χ1n) is 9.97. The van der Waals surface area contributed by atoms with Gasteiger partial charge in [-0.05, 0) is 30.7 Å². The molecule has 2 heterocycles. The summed E-state index contributed by atoms with van der Waals surface area (Å²) in [5.41, 5.74) is -0.189. The zero-order chi connectivity index (χ0) is 21.6. The number of para-hydroxylation sites is 1. The highest BCUT2D eigenvalue weighted by atomic mass is 19.4. The van der Waals surface area contributed by atoms with Crippen LogP contribution in [0.2, 0.25) is 0 Å². The van der Waals surface area contributed by atoms with Crippen LogP contribution in [0.25, 0.3) is 0 Å². The van der Waals surface area contributed by atoms with Crippen LogP contribution in [-0.4, -0.2) is 59.8 Å². The van der Waals surface area contributed by atoms with Crippen molar-refractivity contribution < 1.29 is 22.7 Å². The number of morpholine rings is 1. The van der Waals surface area contributed by atoms with Gasteiger partial charge in [0.05, 0.1) is 31.0 Å². The first-order chi connectivity index (χ1) is 14.3. The maximum atomic E-state index is 13.3. The zero-order valence-electron chi connectivity index (χ0n) is 17.0. The fraction of sp³-hybridized carbons (Fsp3) is 0.476. The fourth-order valence-corrected chi connectivity index (χ4v) is 3.45. The number of halogens is 3. The van der Waals surface area contributed by atoms with Gasteiger partial charge in [-0.1, -0.05) is 12.1 Å². The summed E-state index contributed by atoms with van der Waals surface area (Å²) in [4.78, 5) is 16.7. The van der Waals surface area contributed by atoms with E-state index in [1.807, 2.05) is 29.9 Å². The SMILES string of the molecule is Cn1cccc1CN(CCCN1CCOCC1)C(=O)Nc1ccccc1C(F)(F)F. The van der Waals surface area contributed by atoms with Crippen LogP contribution in [0.5, 0.6) is 0 Å². The number of rotatable bonds is 7. The van der Waals surface area contributed by atoms with Crippen LogP contribution in [0.3, 0.4) is 0 Å². The van der Waals surface area contributed by atoms with E-state index in [1.165, 1.54) is 18.2 Å². The highest BCUT2D eigenvalue weighted by molar-refractivity contribution is 5.90. The minimum Gasteiger partial charge on any atom is -0.379 e.